The fourth-order valence-electron chi connectivity index (χ4n) is 1.42. The van der Waals surface area contributed by atoms with Crippen LogP contribution in [0.5, 0.6) is 5.75 Å². The summed E-state index contributed by atoms with van der Waals surface area (Å²) in [6, 6.07) is 0. The first-order valence-corrected chi connectivity index (χ1v) is 4.53. The summed E-state index contributed by atoms with van der Waals surface area (Å²) in [5.41, 5.74) is 5.47. The highest BCUT2D eigenvalue weighted by Crippen LogP contribution is 2.18. The van der Waals surface area contributed by atoms with Crippen molar-refractivity contribution in [2.24, 2.45) is 0 Å². The van der Waals surface area contributed by atoms with Crippen molar-refractivity contribution in [3.63, 3.8) is 0 Å². The van der Waals surface area contributed by atoms with E-state index in [-0.39, 0.29) is 11.9 Å². The summed E-state index contributed by atoms with van der Waals surface area (Å²) in [5.74, 6) is 0.569. The van der Waals surface area contributed by atoms with Crippen LogP contribution >= 0.6 is 0 Å². The molecule has 1 aromatic rings. The highest BCUT2D eigenvalue weighted by atomic mass is 16.6. The van der Waals surface area contributed by atoms with Gasteiger partial charge in [0, 0.05) is 13.1 Å². The summed E-state index contributed by atoms with van der Waals surface area (Å²) < 4.78 is 5.04. The van der Waals surface area contributed by atoms with E-state index in [1.807, 2.05) is 0 Å². The van der Waals surface area contributed by atoms with Crippen molar-refractivity contribution in [1.82, 2.24) is 15.1 Å². The van der Waals surface area contributed by atoms with Gasteiger partial charge in [-0.2, -0.15) is 5.10 Å². The number of likely N-dealkylation sites (tertiary alicyclic amines) is 1. The first kappa shape index (κ1) is 8.86. The zero-order valence-electron chi connectivity index (χ0n) is 7.69. The van der Waals surface area contributed by atoms with Crippen LogP contribution in [0.1, 0.15) is 12.8 Å². The number of carbonyl (C=O) groups excluding carboxylic acids is 1. The third-order valence-electron chi connectivity index (χ3n) is 2.19. The average molecular weight is 196 g/mol. The minimum absolute atomic E-state index is 0.276. The van der Waals surface area contributed by atoms with Crippen molar-refractivity contribution in [3.05, 3.63) is 6.20 Å². The van der Waals surface area contributed by atoms with Gasteiger partial charge in [-0.05, 0) is 12.8 Å². The number of aromatic amines is 1. The molecule has 6 heteroatoms. The van der Waals surface area contributed by atoms with Gasteiger partial charge in [-0.15, -0.1) is 0 Å². The highest BCUT2D eigenvalue weighted by Gasteiger charge is 2.20. The van der Waals surface area contributed by atoms with E-state index in [2.05, 4.69) is 10.2 Å². The number of hydrogen-bond donors (Lipinski definition) is 2. The minimum Gasteiger partial charge on any atom is -0.405 e. The molecule has 0 saturated carbocycles. The molecule has 1 amide bonds. The van der Waals surface area contributed by atoms with Gasteiger partial charge in [0.15, 0.2) is 11.6 Å². The van der Waals surface area contributed by atoms with E-state index in [4.69, 9.17) is 10.5 Å². The first-order valence-electron chi connectivity index (χ1n) is 4.53. The topological polar surface area (TPSA) is 84.2 Å². The van der Waals surface area contributed by atoms with Crippen LogP contribution < -0.4 is 10.5 Å². The fourth-order valence-corrected chi connectivity index (χ4v) is 1.42. The summed E-state index contributed by atoms with van der Waals surface area (Å²) >= 11 is 0. The molecule has 0 unspecified atom stereocenters. The standard InChI is InChI=1S/C8H12N4O2/c9-7-6(5-10-11-7)14-8(13)12-3-1-2-4-12/h5H,1-4H2,(H3,9,10,11). The number of anilines is 1. The molecule has 0 bridgehead atoms. The molecule has 1 fully saturated rings. The molecular formula is C8H12N4O2. The Morgan fingerprint density at radius 3 is 2.86 bits per heavy atom. The van der Waals surface area contributed by atoms with Gasteiger partial charge in [-0.25, -0.2) is 4.79 Å². The molecule has 0 spiro atoms. The molecule has 0 radical (unpaired) electrons. The number of carbonyl (C=O) groups is 1. The summed E-state index contributed by atoms with van der Waals surface area (Å²) in [6.07, 6.45) is 3.12. The van der Waals surface area contributed by atoms with E-state index in [9.17, 15) is 4.79 Å². The predicted octanol–water partition coefficient (Wildman–Crippen LogP) is 0.586. The summed E-state index contributed by atoms with van der Waals surface area (Å²) in [6.45, 7) is 1.52. The van der Waals surface area contributed by atoms with Crippen LogP contribution in [-0.4, -0.2) is 34.3 Å². The molecule has 2 rings (SSSR count). The number of nitrogens with two attached hydrogens (primary N) is 1. The van der Waals surface area contributed by atoms with Gasteiger partial charge in [0.05, 0.1) is 6.20 Å². The lowest BCUT2D eigenvalue weighted by molar-refractivity contribution is 0.163. The first-order chi connectivity index (χ1) is 6.77. The lowest BCUT2D eigenvalue weighted by atomic mass is 10.4. The molecule has 1 saturated heterocycles. The quantitative estimate of drug-likeness (QED) is 0.688. The van der Waals surface area contributed by atoms with Gasteiger partial charge >= 0.3 is 6.09 Å². The Morgan fingerprint density at radius 2 is 2.29 bits per heavy atom. The van der Waals surface area contributed by atoms with Crippen LogP contribution in [0.4, 0.5) is 10.6 Å². The van der Waals surface area contributed by atoms with Gasteiger partial charge in [0.1, 0.15) is 0 Å². The molecular weight excluding hydrogens is 184 g/mol. The fraction of sp³-hybridized carbons (Fsp3) is 0.500. The van der Waals surface area contributed by atoms with Crippen LogP contribution in [-0.2, 0) is 0 Å². The Kier molecular flexibility index (Phi) is 2.26. The summed E-state index contributed by atoms with van der Waals surface area (Å²) in [4.78, 5) is 13.1. The Hall–Kier alpha value is -1.72. The largest absolute Gasteiger partial charge is 0.415 e. The van der Waals surface area contributed by atoms with Gasteiger partial charge in [-0.3, -0.25) is 5.10 Å². The second-order valence-electron chi connectivity index (χ2n) is 3.21. The molecule has 14 heavy (non-hydrogen) atoms. The summed E-state index contributed by atoms with van der Waals surface area (Å²) in [5, 5.41) is 6.15. The number of nitrogens with one attached hydrogen (secondary N) is 1. The Labute approximate surface area is 81.0 Å². The average Bonchev–Trinajstić information content (AvgIpc) is 2.77. The van der Waals surface area contributed by atoms with Crippen molar-refractivity contribution >= 4 is 11.9 Å². The Morgan fingerprint density at radius 1 is 1.57 bits per heavy atom. The van der Waals surface area contributed by atoms with E-state index >= 15 is 0 Å². The minimum atomic E-state index is -0.351. The van der Waals surface area contributed by atoms with Crippen molar-refractivity contribution in [3.8, 4) is 5.75 Å². The Bertz CT molecular complexity index is 330. The lowest BCUT2D eigenvalue weighted by Crippen LogP contribution is -2.30. The van der Waals surface area contributed by atoms with Crippen molar-refractivity contribution in [2.75, 3.05) is 18.8 Å². The van der Waals surface area contributed by atoms with Crippen LogP contribution in [0.15, 0.2) is 6.20 Å². The van der Waals surface area contributed by atoms with Crippen LogP contribution in [0.3, 0.4) is 0 Å². The van der Waals surface area contributed by atoms with Crippen LogP contribution in [0.2, 0.25) is 0 Å². The number of nitrogens with zero attached hydrogens (tertiary/aromatic N) is 2. The van der Waals surface area contributed by atoms with E-state index < -0.39 is 0 Å². The number of H-pyrrole nitrogens is 1. The third-order valence-corrected chi connectivity index (χ3v) is 2.19. The number of ether oxygens (including phenoxy) is 1. The lowest BCUT2D eigenvalue weighted by Gasteiger charge is -2.13. The normalized spacial score (nSPS) is 15.9. The molecule has 0 atom stereocenters. The number of hydrogen-bond acceptors (Lipinski definition) is 4. The SMILES string of the molecule is Nc1[nH]ncc1OC(=O)N1CCCC1. The second kappa shape index (κ2) is 3.57. The third kappa shape index (κ3) is 1.63. The van der Waals surface area contributed by atoms with Gasteiger partial charge in [-0.1, -0.05) is 0 Å². The molecule has 1 aromatic heterocycles. The molecule has 1 aliphatic heterocycles. The molecule has 0 aliphatic carbocycles. The van der Waals surface area contributed by atoms with Crippen molar-refractivity contribution < 1.29 is 9.53 Å². The maximum atomic E-state index is 11.5. The number of rotatable bonds is 1. The smallest absolute Gasteiger partial charge is 0.405 e. The van der Waals surface area contributed by atoms with E-state index in [1.165, 1.54) is 6.20 Å². The molecule has 3 N–H and O–H groups in total. The molecule has 0 aromatic carbocycles. The highest BCUT2D eigenvalue weighted by molar-refractivity contribution is 5.72. The zero-order chi connectivity index (χ0) is 9.97. The number of nitrogen functional groups attached to an aromatic ring is 1. The maximum Gasteiger partial charge on any atom is 0.415 e. The number of aromatic nitrogens is 2. The Balaban J connectivity index is 1.97. The molecule has 1 aliphatic rings. The van der Waals surface area contributed by atoms with E-state index in [1.54, 1.807) is 4.90 Å². The van der Waals surface area contributed by atoms with E-state index in [0.29, 0.717) is 5.75 Å². The van der Waals surface area contributed by atoms with Crippen LogP contribution in [0.25, 0.3) is 0 Å². The monoisotopic (exact) mass is 196 g/mol. The molecule has 76 valence electrons. The second-order valence-corrected chi connectivity index (χ2v) is 3.21. The predicted molar refractivity (Wildman–Crippen MR) is 49.8 cm³/mol. The van der Waals surface area contributed by atoms with Crippen molar-refractivity contribution in [1.29, 1.82) is 0 Å². The maximum absolute atomic E-state index is 11.5. The van der Waals surface area contributed by atoms with E-state index in [0.717, 1.165) is 25.9 Å². The van der Waals surface area contributed by atoms with Crippen LogP contribution in [0, 0.1) is 0 Å². The molecule has 6 nitrogen and oxygen atoms in total. The summed E-state index contributed by atoms with van der Waals surface area (Å²) in [7, 11) is 0. The zero-order valence-corrected chi connectivity index (χ0v) is 7.69. The molecule has 2 heterocycles. The van der Waals surface area contributed by atoms with Gasteiger partial charge in [0.25, 0.3) is 0 Å². The number of amides is 1. The van der Waals surface area contributed by atoms with Gasteiger partial charge < -0.3 is 15.4 Å². The van der Waals surface area contributed by atoms with Gasteiger partial charge in [0.2, 0.25) is 0 Å². The van der Waals surface area contributed by atoms with Crippen molar-refractivity contribution in [2.45, 2.75) is 12.8 Å².